The molecule has 2 aromatic heterocycles. The Morgan fingerprint density at radius 2 is 2.09 bits per heavy atom. The second-order valence-electron chi connectivity index (χ2n) is 4.81. The lowest BCUT2D eigenvalue weighted by Crippen LogP contribution is -2.03. The molecular weight excluding hydrogens is 282 g/mol. The molecule has 0 spiro atoms. The second-order valence-corrected chi connectivity index (χ2v) is 4.81. The first-order valence-corrected chi connectivity index (χ1v) is 7.16. The van der Waals surface area contributed by atoms with Crippen LogP contribution in [0.25, 0.3) is 11.3 Å². The summed E-state index contributed by atoms with van der Waals surface area (Å²) in [6, 6.07) is 9.88. The van der Waals surface area contributed by atoms with Crippen molar-refractivity contribution < 1.29 is 9.26 Å². The Hall–Kier alpha value is -2.54. The fourth-order valence-corrected chi connectivity index (χ4v) is 2.08. The van der Waals surface area contributed by atoms with Crippen molar-refractivity contribution in [3.8, 4) is 11.3 Å². The van der Waals surface area contributed by atoms with Crippen LogP contribution in [0.2, 0.25) is 0 Å². The molecule has 7 heteroatoms. The fraction of sp³-hybridized carbons (Fsp3) is 0.333. The number of hydrogen-bond donors (Lipinski definition) is 0. The molecule has 2 heterocycles. The molecule has 0 aliphatic carbocycles. The maximum absolute atomic E-state index is 5.43. The van der Waals surface area contributed by atoms with E-state index in [1.54, 1.807) is 4.68 Å². The van der Waals surface area contributed by atoms with Crippen LogP contribution < -0.4 is 0 Å². The van der Waals surface area contributed by atoms with Crippen molar-refractivity contribution in [3.63, 3.8) is 0 Å². The van der Waals surface area contributed by atoms with Crippen LogP contribution in [-0.4, -0.2) is 31.7 Å². The molecule has 0 bridgehead atoms. The molecule has 0 saturated carbocycles. The van der Waals surface area contributed by atoms with E-state index in [0.29, 0.717) is 24.9 Å². The molecule has 3 rings (SSSR count). The zero-order valence-electron chi connectivity index (χ0n) is 12.5. The second kappa shape index (κ2) is 6.48. The lowest BCUT2D eigenvalue weighted by atomic mass is 10.2. The van der Waals surface area contributed by atoms with Gasteiger partial charge in [-0.1, -0.05) is 40.7 Å². The summed E-state index contributed by atoms with van der Waals surface area (Å²) in [4.78, 5) is 4.31. The van der Waals surface area contributed by atoms with Gasteiger partial charge >= 0.3 is 0 Å². The Bertz CT molecular complexity index is 722. The van der Waals surface area contributed by atoms with E-state index in [2.05, 4.69) is 20.5 Å². The third-order valence-electron chi connectivity index (χ3n) is 3.17. The first kappa shape index (κ1) is 14.4. The van der Waals surface area contributed by atoms with E-state index >= 15 is 0 Å². The van der Waals surface area contributed by atoms with Crippen molar-refractivity contribution in [2.45, 2.75) is 26.5 Å². The van der Waals surface area contributed by atoms with Gasteiger partial charge in [-0.05, 0) is 13.8 Å². The van der Waals surface area contributed by atoms with Crippen molar-refractivity contribution in [3.05, 3.63) is 48.2 Å². The molecule has 0 unspecified atom stereocenters. The topological polar surface area (TPSA) is 78.9 Å². The van der Waals surface area contributed by atoms with Gasteiger partial charge in [0.15, 0.2) is 5.82 Å². The van der Waals surface area contributed by atoms with Gasteiger partial charge in [0.25, 0.3) is 0 Å². The quantitative estimate of drug-likeness (QED) is 0.695. The molecule has 22 heavy (non-hydrogen) atoms. The summed E-state index contributed by atoms with van der Waals surface area (Å²) in [7, 11) is 0. The molecule has 0 aliphatic heterocycles. The van der Waals surface area contributed by atoms with Crippen LogP contribution in [0, 0.1) is 0 Å². The van der Waals surface area contributed by atoms with Crippen LogP contribution in [0.3, 0.4) is 0 Å². The van der Waals surface area contributed by atoms with E-state index in [0.717, 1.165) is 11.3 Å². The van der Waals surface area contributed by atoms with Gasteiger partial charge < -0.3 is 9.26 Å². The van der Waals surface area contributed by atoms with Gasteiger partial charge in [0, 0.05) is 12.2 Å². The van der Waals surface area contributed by atoms with Gasteiger partial charge in [0.2, 0.25) is 5.89 Å². The lowest BCUT2D eigenvalue weighted by Gasteiger charge is -2.04. The third-order valence-corrected chi connectivity index (χ3v) is 3.17. The summed E-state index contributed by atoms with van der Waals surface area (Å²) >= 11 is 0. The van der Waals surface area contributed by atoms with Crippen molar-refractivity contribution >= 4 is 0 Å². The van der Waals surface area contributed by atoms with Gasteiger partial charge in [-0.15, -0.1) is 5.10 Å². The van der Waals surface area contributed by atoms with E-state index < -0.39 is 0 Å². The maximum atomic E-state index is 5.43. The fourth-order valence-electron chi connectivity index (χ4n) is 2.08. The predicted octanol–water partition coefficient (Wildman–Crippen LogP) is 2.47. The van der Waals surface area contributed by atoms with Crippen LogP contribution >= 0.6 is 0 Å². The minimum Gasteiger partial charge on any atom is -0.371 e. The normalized spacial score (nSPS) is 12.5. The first-order chi connectivity index (χ1) is 10.8. The number of aromatic nitrogens is 5. The van der Waals surface area contributed by atoms with Crippen LogP contribution in [0.15, 0.2) is 41.1 Å². The van der Waals surface area contributed by atoms with E-state index in [4.69, 9.17) is 9.26 Å². The highest BCUT2D eigenvalue weighted by Crippen LogP contribution is 2.16. The summed E-state index contributed by atoms with van der Waals surface area (Å²) in [6.07, 6.45) is 1.67. The maximum Gasteiger partial charge on any atom is 0.248 e. The Balaban J connectivity index is 1.70. The number of rotatable bonds is 6. The third kappa shape index (κ3) is 3.20. The summed E-state index contributed by atoms with van der Waals surface area (Å²) in [5.74, 6) is 1.02. The SMILES string of the molecule is CCO[C@H](C)c1noc(Cn2cc(-c3ccccc3)nn2)n1. The number of nitrogens with zero attached hydrogens (tertiary/aromatic N) is 5. The van der Waals surface area contributed by atoms with E-state index in [1.165, 1.54) is 0 Å². The smallest absolute Gasteiger partial charge is 0.248 e. The van der Waals surface area contributed by atoms with Gasteiger partial charge in [-0.25, -0.2) is 4.68 Å². The summed E-state index contributed by atoms with van der Waals surface area (Å²) in [5.41, 5.74) is 1.83. The van der Waals surface area contributed by atoms with Crippen molar-refractivity contribution in [2.24, 2.45) is 0 Å². The molecule has 0 amide bonds. The first-order valence-electron chi connectivity index (χ1n) is 7.16. The number of hydrogen-bond acceptors (Lipinski definition) is 6. The largest absolute Gasteiger partial charge is 0.371 e. The van der Waals surface area contributed by atoms with E-state index in [9.17, 15) is 0 Å². The highest BCUT2D eigenvalue weighted by molar-refractivity contribution is 5.57. The van der Waals surface area contributed by atoms with Gasteiger partial charge in [-0.3, -0.25) is 0 Å². The van der Waals surface area contributed by atoms with Crippen LogP contribution in [0.1, 0.15) is 31.7 Å². The Morgan fingerprint density at radius 1 is 1.27 bits per heavy atom. The van der Waals surface area contributed by atoms with E-state index in [-0.39, 0.29) is 6.10 Å². The van der Waals surface area contributed by atoms with Crippen LogP contribution in [0.4, 0.5) is 0 Å². The minimum atomic E-state index is -0.182. The number of ether oxygens (including phenoxy) is 1. The minimum absolute atomic E-state index is 0.182. The van der Waals surface area contributed by atoms with Crippen molar-refractivity contribution in [1.82, 2.24) is 25.1 Å². The molecule has 3 aromatic rings. The molecule has 1 aromatic carbocycles. The lowest BCUT2D eigenvalue weighted by molar-refractivity contribution is 0.0683. The highest BCUT2D eigenvalue weighted by atomic mass is 16.5. The van der Waals surface area contributed by atoms with Crippen LogP contribution in [0.5, 0.6) is 0 Å². The molecule has 0 fully saturated rings. The Morgan fingerprint density at radius 3 is 2.86 bits per heavy atom. The molecule has 1 atom stereocenters. The zero-order valence-corrected chi connectivity index (χ0v) is 12.5. The molecule has 0 N–H and O–H groups in total. The molecular formula is C15H17N5O2. The van der Waals surface area contributed by atoms with Gasteiger partial charge in [0.1, 0.15) is 18.3 Å². The number of benzene rings is 1. The Labute approximate surface area is 127 Å². The Kier molecular flexibility index (Phi) is 4.24. The summed E-state index contributed by atoms with van der Waals surface area (Å²) < 4.78 is 12.3. The molecule has 0 saturated heterocycles. The zero-order chi connectivity index (χ0) is 15.4. The highest BCUT2D eigenvalue weighted by Gasteiger charge is 2.14. The monoisotopic (exact) mass is 299 g/mol. The molecule has 114 valence electrons. The van der Waals surface area contributed by atoms with Crippen molar-refractivity contribution in [1.29, 1.82) is 0 Å². The average Bonchev–Trinajstić information content (AvgIpc) is 3.18. The van der Waals surface area contributed by atoms with E-state index in [1.807, 2.05) is 50.4 Å². The predicted molar refractivity (Wildman–Crippen MR) is 78.9 cm³/mol. The average molecular weight is 299 g/mol. The molecule has 0 radical (unpaired) electrons. The molecule has 7 nitrogen and oxygen atoms in total. The van der Waals surface area contributed by atoms with Gasteiger partial charge in [-0.2, -0.15) is 4.98 Å². The molecule has 0 aliphatic rings. The van der Waals surface area contributed by atoms with Crippen molar-refractivity contribution in [2.75, 3.05) is 6.61 Å². The van der Waals surface area contributed by atoms with Crippen LogP contribution in [-0.2, 0) is 11.3 Å². The summed E-state index contributed by atoms with van der Waals surface area (Å²) in [5, 5.41) is 12.2. The summed E-state index contributed by atoms with van der Waals surface area (Å²) in [6.45, 7) is 4.80. The van der Waals surface area contributed by atoms with Gasteiger partial charge in [0.05, 0.1) is 6.20 Å². The standard InChI is InChI=1S/C15H17N5O2/c1-3-21-11(2)15-16-14(22-18-15)10-20-9-13(17-19-20)12-7-5-4-6-8-12/h4-9,11H,3,10H2,1-2H3/t11-/m1/s1.